The molecule has 1 fully saturated rings. The molecule has 5 nitrogen and oxygen atoms in total. The summed E-state index contributed by atoms with van der Waals surface area (Å²) in [6, 6.07) is 20.2. The van der Waals surface area contributed by atoms with Crippen LogP contribution in [0.3, 0.4) is 0 Å². The van der Waals surface area contributed by atoms with E-state index in [9.17, 15) is 9.90 Å². The van der Waals surface area contributed by atoms with E-state index >= 15 is 0 Å². The summed E-state index contributed by atoms with van der Waals surface area (Å²) in [7, 11) is 1.55. The van der Waals surface area contributed by atoms with Crippen molar-refractivity contribution in [2.45, 2.75) is 18.7 Å². The average molecular weight is 457 g/mol. The average Bonchev–Trinajstić information content (AvgIpc) is 2.97. The number of anilines is 2. The molecule has 7 heteroatoms. The van der Waals surface area contributed by atoms with Gasteiger partial charge in [-0.15, -0.1) is 0 Å². The third-order valence-corrected chi connectivity index (χ3v) is 5.98. The number of carbonyl (C=O) groups excluding carboxylic acids is 1. The van der Waals surface area contributed by atoms with Crippen LogP contribution in [0.4, 0.5) is 16.2 Å². The molecule has 0 aromatic heterocycles. The molecule has 1 N–H and O–H groups in total. The van der Waals surface area contributed by atoms with Crippen molar-refractivity contribution in [1.29, 1.82) is 0 Å². The number of aryl methyl sites for hydroxylation is 1. The Hall–Kier alpha value is -2.57. The summed E-state index contributed by atoms with van der Waals surface area (Å²) in [5, 5.41) is 13.3. The number of rotatable bonds is 5. The lowest BCUT2D eigenvalue weighted by molar-refractivity contribution is 0.00488. The first-order chi connectivity index (χ1) is 14.9. The Morgan fingerprint density at radius 1 is 0.968 bits per heavy atom. The minimum Gasteiger partial charge on any atom is -0.382 e. The Balaban J connectivity index is 1.95. The lowest BCUT2D eigenvalue weighted by Gasteiger charge is -2.37. The van der Waals surface area contributed by atoms with E-state index in [1.807, 2.05) is 31.2 Å². The summed E-state index contributed by atoms with van der Waals surface area (Å²) in [4.78, 5) is 16.8. The topological polar surface area (TPSA) is 53.0 Å². The van der Waals surface area contributed by atoms with Crippen LogP contribution in [-0.4, -0.2) is 30.9 Å². The van der Waals surface area contributed by atoms with Gasteiger partial charge in [-0.2, -0.15) is 0 Å². The minimum atomic E-state index is -1.69. The maximum Gasteiger partial charge on any atom is 0.332 e. The number of aliphatic hydroxyl groups is 1. The molecule has 1 aliphatic heterocycles. The molecule has 0 radical (unpaired) electrons. The van der Waals surface area contributed by atoms with Gasteiger partial charge in [0.2, 0.25) is 0 Å². The van der Waals surface area contributed by atoms with Crippen LogP contribution >= 0.6 is 23.2 Å². The molecule has 31 heavy (non-hydrogen) atoms. The third kappa shape index (κ3) is 3.79. The van der Waals surface area contributed by atoms with Crippen LogP contribution in [0.5, 0.6) is 0 Å². The summed E-state index contributed by atoms with van der Waals surface area (Å²) in [6.07, 6.45) is 0. The van der Waals surface area contributed by atoms with Gasteiger partial charge in [0.15, 0.2) is 5.72 Å². The zero-order chi connectivity index (χ0) is 22.2. The van der Waals surface area contributed by atoms with Crippen LogP contribution in [-0.2, 0) is 10.5 Å². The minimum absolute atomic E-state index is 0.114. The molecule has 3 aromatic carbocycles. The predicted octanol–water partition coefficient (Wildman–Crippen LogP) is 5.61. The van der Waals surface area contributed by atoms with Gasteiger partial charge in [-0.1, -0.05) is 53.0 Å². The van der Waals surface area contributed by atoms with Gasteiger partial charge in [0, 0.05) is 34.1 Å². The highest BCUT2D eigenvalue weighted by Crippen LogP contribution is 2.45. The van der Waals surface area contributed by atoms with Crippen molar-refractivity contribution < 1.29 is 14.6 Å². The number of halogens is 2. The number of hydrogen-bond acceptors (Lipinski definition) is 3. The van der Waals surface area contributed by atoms with Crippen molar-refractivity contribution in [3.05, 3.63) is 94.0 Å². The molecular weight excluding hydrogens is 435 g/mol. The molecule has 3 aromatic rings. The van der Waals surface area contributed by atoms with Gasteiger partial charge in [-0.25, -0.2) is 4.79 Å². The number of nitrogens with zero attached hydrogens (tertiary/aromatic N) is 2. The summed E-state index contributed by atoms with van der Waals surface area (Å²) in [5.74, 6) is 0. The monoisotopic (exact) mass is 456 g/mol. The number of ether oxygens (including phenoxy) is 1. The van der Waals surface area contributed by atoms with Gasteiger partial charge >= 0.3 is 6.03 Å². The van der Waals surface area contributed by atoms with Crippen molar-refractivity contribution in [3.63, 3.8) is 0 Å². The zero-order valence-corrected chi connectivity index (χ0v) is 18.6. The number of hydrogen-bond donors (Lipinski definition) is 1. The van der Waals surface area contributed by atoms with Crippen LogP contribution in [0.25, 0.3) is 0 Å². The first-order valence-electron chi connectivity index (χ1n) is 9.79. The summed E-state index contributed by atoms with van der Waals surface area (Å²) >= 11 is 12.1. The molecular formula is C24H22Cl2N2O3. The second-order valence-corrected chi connectivity index (χ2v) is 8.38. The summed E-state index contributed by atoms with van der Waals surface area (Å²) < 4.78 is 5.47. The van der Waals surface area contributed by atoms with E-state index in [1.54, 1.807) is 60.5 Å². The van der Waals surface area contributed by atoms with E-state index in [1.165, 1.54) is 4.90 Å². The van der Waals surface area contributed by atoms with Crippen LogP contribution in [0.2, 0.25) is 10.0 Å². The van der Waals surface area contributed by atoms with Crippen molar-refractivity contribution in [2.24, 2.45) is 0 Å². The van der Waals surface area contributed by atoms with E-state index in [0.29, 0.717) is 27.0 Å². The molecule has 2 atom stereocenters. The molecule has 0 spiro atoms. The number of methoxy groups -OCH3 is 1. The molecule has 1 heterocycles. The lowest BCUT2D eigenvalue weighted by atomic mass is 9.92. The fourth-order valence-corrected chi connectivity index (χ4v) is 4.30. The van der Waals surface area contributed by atoms with Gasteiger partial charge in [-0.3, -0.25) is 9.80 Å². The largest absolute Gasteiger partial charge is 0.382 e. The number of urea groups is 1. The van der Waals surface area contributed by atoms with Crippen molar-refractivity contribution in [2.75, 3.05) is 23.5 Å². The quantitative estimate of drug-likeness (QED) is 0.542. The molecule has 0 bridgehead atoms. The third-order valence-electron chi connectivity index (χ3n) is 5.47. The first kappa shape index (κ1) is 21.7. The molecule has 1 saturated heterocycles. The van der Waals surface area contributed by atoms with E-state index in [2.05, 4.69) is 0 Å². The zero-order valence-electron chi connectivity index (χ0n) is 17.1. The Labute approximate surface area is 191 Å². The molecule has 0 saturated carbocycles. The molecule has 0 aliphatic carbocycles. The number of benzene rings is 3. The standard InChI is InChI=1S/C24H22Cl2N2O3/c1-16-4-3-5-17(14-16)24(30)22(15-31-2)27(20-10-6-18(25)7-11-20)23(29)28(24)21-12-8-19(26)9-13-21/h3-14,22,30H,15H2,1-2H3. The fourth-order valence-electron chi connectivity index (χ4n) is 4.05. The van der Waals surface area contributed by atoms with Crippen molar-refractivity contribution >= 4 is 40.6 Å². The second-order valence-electron chi connectivity index (χ2n) is 7.51. The summed E-state index contributed by atoms with van der Waals surface area (Å²) in [5.41, 5.74) is 1.01. The fraction of sp³-hybridized carbons (Fsp3) is 0.208. The van der Waals surface area contributed by atoms with Crippen LogP contribution in [0.15, 0.2) is 72.8 Å². The van der Waals surface area contributed by atoms with Crippen LogP contribution in [0, 0.1) is 6.92 Å². The van der Waals surface area contributed by atoms with Crippen molar-refractivity contribution in [1.82, 2.24) is 0 Å². The predicted molar refractivity (Wildman–Crippen MR) is 124 cm³/mol. The Morgan fingerprint density at radius 3 is 2.10 bits per heavy atom. The smallest absolute Gasteiger partial charge is 0.332 e. The van der Waals surface area contributed by atoms with Crippen molar-refractivity contribution in [3.8, 4) is 0 Å². The SMILES string of the molecule is COCC1N(c2ccc(Cl)cc2)C(=O)N(c2ccc(Cl)cc2)C1(O)c1cccc(C)c1. The van der Waals surface area contributed by atoms with Crippen LogP contribution < -0.4 is 9.80 Å². The van der Waals surface area contributed by atoms with Gasteiger partial charge in [0.05, 0.1) is 6.61 Å². The van der Waals surface area contributed by atoms with Gasteiger partial charge < -0.3 is 9.84 Å². The number of carbonyl (C=O) groups is 1. The lowest BCUT2D eigenvalue weighted by Crippen LogP contribution is -2.51. The molecule has 2 amide bonds. The normalized spacial score (nSPS) is 21.1. The first-order valence-corrected chi connectivity index (χ1v) is 10.5. The van der Waals surface area contributed by atoms with E-state index < -0.39 is 11.8 Å². The number of amides is 2. The van der Waals surface area contributed by atoms with E-state index in [4.69, 9.17) is 27.9 Å². The molecule has 4 rings (SSSR count). The Bertz CT molecular complexity index is 1090. The maximum absolute atomic E-state index is 13.8. The Kier molecular flexibility index (Phi) is 5.95. The maximum atomic E-state index is 13.8. The van der Waals surface area contributed by atoms with Gasteiger partial charge in [0.1, 0.15) is 6.04 Å². The Morgan fingerprint density at radius 2 is 1.55 bits per heavy atom. The van der Waals surface area contributed by atoms with E-state index in [0.717, 1.165) is 5.56 Å². The van der Waals surface area contributed by atoms with Crippen LogP contribution in [0.1, 0.15) is 11.1 Å². The van der Waals surface area contributed by atoms with Gasteiger partial charge in [-0.05, 0) is 55.5 Å². The molecule has 1 aliphatic rings. The van der Waals surface area contributed by atoms with Gasteiger partial charge in [0.25, 0.3) is 0 Å². The summed E-state index contributed by atoms with van der Waals surface area (Å²) in [6.45, 7) is 2.06. The second kappa shape index (κ2) is 8.52. The van der Waals surface area contributed by atoms with E-state index in [-0.39, 0.29) is 12.6 Å². The highest BCUT2D eigenvalue weighted by Gasteiger charge is 2.58. The highest BCUT2D eigenvalue weighted by atomic mass is 35.5. The molecule has 2 unspecified atom stereocenters. The molecule has 160 valence electrons. The highest BCUT2D eigenvalue weighted by molar-refractivity contribution is 6.31.